The van der Waals surface area contributed by atoms with Gasteiger partial charge in [0.1, 0.15) is 0 Å². The Bertz CT molecular complexity index is 500. The Labute approximate surface area is 119 Å². The van der Waals surface area contributed by atoms with Crippen molar-refractivity contribution in [1.29, 1.82) is 0 Å². The lowest BCUT2D eigenvalue weighted by Gasteiger charge is -2.30. The number of nitrogens with zero attached hydrogens (tertiary/aromatic N) is 1. The van der Waals surface area contributed by atoms with E-state index in [1.54, 1.807) is 4.90 Å². The number of urea groups is 1. The Morgan fingerprint density at radius 1 is 1.15 bits per heavy atom. The lowest BCUT2D eigenvalue weighted by atomic mass is 9.96. The fourth-order valence-electron chi connectivity index (χ4n) is 2.62. The molecular formula is C15H21N3O2. The summed E-state index contributed by atoms with van der Waals surface area (Å²) in [7, 11) is 0. The van der Waals surface area contributed by atoms with Crippen LogP contribution in [0.4, 0.5) is 10.5 Å². The smallest absolute Gasteiger partial charge is 0.321 e. The van der Waals surface area contributed by atoms with Crippen molar-refractivity contribution in [2.45, 2.75) is 26.7 Å². The maximum absolute atomic E-state index is 12.2. The predicted molar refractivity (Wildman–Crippen MR) is 78.4 cm³/mol. The van der Waals surface area contributed by atoms with E-state index in [2.05, 4.69) is 11.4 Å². The third kappa shape index (κ3) is 3.50. The lowest BCUT2D eigenvalue weighted by molar-refractivity contribution is -0.122. The van der Waals surface area contributed by atoms with Gasteiger partial charge in [0.2, 0.25) is 5.91 Å². The SMILES string of the molecule is Cc1cc(C)cc(NC(=O)N2CCC(C(N)=O)CC2)c1. The quantitative estimate of drug-likeness (QED) is 0.866. The van der Waals surface area contributed by atoms with Crippen LogP contribution >= 0.6 is 0 Å². The molecular weight excluding hydrogens is 254 g/mol. The van der Waals surface area contributed by atoms with E-state index in [0.717, 1.165) is 16.8 Å². The van der Waals surface area contributed by atoms with Crippen molar-refractivity contribution in [1.82, 2.24) is 4.90 Å². The molecule has 0 saturated carbocycles. The van der Waals surface area contributed by atoms with Crippen LogP contribution < -0.4 is 11.1 Å². The minimum Gasteiger partial charge on any atom is -0.369 e. The molecule has 1 aliphatic heterocycles. The highest BCUT2D eigenvalue weighted by atomic mass is 16.2. The van der Waals surface area contributed by atoms with E-state index >= 15 is 0 Å². The molecule has 108 valence electrons. The molecule has 3 N–H and O–H groups in total. The van der Waals surface area contributed by atoms with Gasteiger partial charge in [-0.25, -0.2) is 4.79 Å². The minimum absolute atomic E-state index is 0.0970. The molecule has 5 nitrogen and oxygen atoms in total. The molecule has 20 heavy (non-hydrogen) atoms. The number of carbonyl (C=O) groups is 2. The van der Waals surface area contributed by atoms with Crippen molar-refractivity contribution in [2.24, 2.45) is 11.7 Å². The van der Waals surface area contributed by atoms with Crippen molar-refractivity contribution >= 4 is 17.6 Å². The molecule has 0 bridgehead atoms. The van der Waals surface area contributed by atoms with E-state index in [9.17, 15) is 9.59 Å². The maximum atomic E-state index is 12.2. The summed E-state index contributed by atoms with van der Waals surface area (Å²) in [6.07, 6.45) is 1.30. The summed E-state index contributed by atoms with van der Waals surface area (Å²) in [5.41, 5.74) is 8.33. The zero-order chi connectivity index (χ0) is 14.7. The summed E-state index contributed by atoms with van der Waals surface area (Å²) < 4.78 is 0. The Balaban J connectivity index is 1.94. The van der Waals surface area contributed by atoms with Crippen molar-refractivity contribution in [3.05, 3.63) is 29.3 Å². The second kappa shape index (κ2) is 5.94. The number of rotatable bonds is 2. The first-order valence-electron chi connectivity index (χ1n) is 6.89. The minimum atomic E-state index is -0.264. The van der Waals surface area contributed by atoms with E-state index in [0.29, 0.717) is 25.9 Å². The number of nitrogens with two attached hydrogens (primary N) is 1. The van der Waals surface area contributed by atoms with Crippen LogP contribution in [0.1, 0.15) is 24.0 Å². The zero-order valence-corrected chi connectivity index (χ0v) is 12.0. The third-order valence-electron chi connectivity index (χ3n) is 3.66. The summed E-state index contributed by atoms with van der Waals surface area (Å²) in [5.74, 6) is -0.361. The van der Waals surface area contributed by atoms with Crippen LogP contribution in [0.3, 0.4) is 0 Å². The average molecular weight is 275 g/mol. The Morgan fingerprint density at radius 2 is 1.70 bits per heavy atom. The predicted octanol–water partition coefficient (Wildman–Crippen LogP) is 2.03. The van der Waals surface area contributed by atoms with Gasteiger partial charge in [0, 0.05) is 24.7 Å². The van der Waals surface area contributed by atoms with Crippen LogP contribution in [0.25, 0.3) is 0 Å². The van der Waals surface area contributed by atoms with Crippen molar-refractivity contribution in [3.8, 4) is 0 Å². The van der Waals surface area contributed by atoms with Gasteiger partial charge in [-0.15, -0.1) is 0 Å². The molecule has 2 rings (SSSR count). The Hall–Kier alpha value is -2.04. The molecule has 1 fully saturated rings. The van der Waals surface area contributed by atoms with E-state index in [-0.39, 0.29) is 17.9 Å². The van der Waals surface area contributed by atoms with Crippen molar-refractivity contribution in [2.75, 3.05) is 18.4 Å². The highest BCUT2D eigenvalue weighted by Gasteiger charge is 2.25. The normalized spacial score (nSPS) is 16.0. The molecule has 0 aliphatic carbocycles. The zero-order valence-electron chi connectivity index (χ0n) is 12.0. The molecule has 0 aromatic heterocycles. The molecule has 1 aromatic rings. The summed E-state index contributed by atoms with van der Waals surface area (Å²) in [6.45, 7) is 5.15. The van der Waals surface area contributed by atoms with E-state index in [4.69, 9.17) is 5.73 Å². The van der Waals surface area contributed by atoms with Gasteiger partial charge in [-0.1, -0.05) is 6.07 Å². The van der Waals surface area contributed by atoms with Crippen LogP contribution in [0.5, 0.6) is 0 Å². The van der Waals surface area contributed by atoms with Gasteiger partial charge in [-0.2, -0.15) is 0 Å². The third-order valence-corrected chi connectivity index (χ3v) is 3.66. The van der Waals surface area contributed by atoms with Gasteiger partial charge in [-0.05, 0) is 49.9 Å². The Kier molecular flexibility index (Phi) is 4.27. The molecule has 5 heteroatoms. The van der Waals surface area contributed by atoms with Gasteiger partial charge in [0.15, 0.2) is 0 Å². The van der Waals surface area contributed by atoms with Gasteiger partial charge < -0.3 is 16.0 Å². The Morgan fingerprint density at radius 3 is 2.20 bits per heavy atom. The number of hydrogen-bond acceptors (Lipinski definition) is 2. The molecule has 0 atom stereocenters. The summed E-state index contributed by atoms with van der Waals surface area (Å²) in [5, 5.41) is 2.91. The van der Waals surface area contributed by atoms with Crippen LogP contribution in [0.2, 0.25) is 0 Å². The monoisotopic (exact) mass is 275 g/mol. The number of piperidine rings is 1. The molecule has 1 saturated heterocycles. The van der Waals surface area contributed by atoms with Gasteiger partial charge in [-0.3, -0.25) is 4.79 Å². The molecule has 0 radical (unpaired) electrons. The number of likely N-dealkylation sites (tertiary alicyclic amines) is 1. The molecule has 1 aromatic carbocycles. The van der Waals surface area contributed by atoms with Crippen LogP contribution in [0, 0.1) is 19.8 Å². The first-order valence-corrected chi connectivity index (χ1v) is 6.89. The topological polar surface area (TPSA) is 75.4 Å². The van der Waals surface area contributed by atoms with Crippen molar-refractivity contribution in [3.63, 3.8) is 0 Å². The number of amides is 3. The first kappa shape index (κ1) is 14.4. The maximum Gasteiger partial charge on any atom is 0.321 e. The molecule has 1 aliphatic rings. The second-order valence-electron chi connectivity index (χ2n) is 5.47. The van der Waals surface area contributed by atoms with E-state index in [1.165, 1.54) is 0 Å². The number of carbonyl (C=O) groups excluding carboxylic acids is 2. The second-order valence-corrected chi connectivity index (χ2v) is 5.47. The number of anilines is 1. The van der Waals surface area contributed by atoms with Crippen LogP contribution in [0.15, 0.2) is 18.2 Å². The highest BCUT2D eigenvalue weighted by molar-refractivity contribution is 5.89. The first-order chi connectivity index (χ1) is 9.45. The summed E-state index contributed by atoms with van der Waals surface area (Å²) in [6, 6.07) is 5.84. The van der Waals surface area contributed by atoms with Gasteiger partial charge in [0.25, 0.3) is 0 Å². The fourth-order valence-corrected chi connectivity index (χ4v) is 2.62. The lowest BCUT2D eigenvalue weighted by Crippen LogP contribution is -2.43. The number of benzene rings is 1. The van der Waals surface area contributed by atoms with Crippen LogP contribution in [-0.2, 0) is 4.79 Å². The summed E-state index contributed by atoms with van der Waals surface area (Å²) >= 11 is 0. The number of aryl methyl sites for hydroxylation is 2. The number of hydrogen-bond donors (Lipinski definition) is 2. The summed E-state index contributed by atoms with van der Waals surface area (Å²) in [4.78, 5) is 25.0. The number of primary amides is 1. The number of nitrogens with one attached hydrogen (secondary N) is 1. The highest BCUT2D eigenvalue weighted by Crippen LogP contribution is 2.19. The van der Waals surface area contributed by atoms with E-state index < -0.39 is 0 Å². The molecule has 3 amide bonds. The molecule has 0 unspecified atom stereocenters. The molecule has 1 heterocycles. The van der Waals surface area contributed by atoms with Gasteiger partial charge in [0.05, 0.1) is 0 Å². The standard InChI is InChI=1S/C15H21N3O2/c1-10-7-11(2)9-13(8-10)17-15(20)18-5-3-12(4-6-18)14(16)19/h7-9,12H,3-6H2,1-2H3,(H2,16,19)(H,17,20). The fraction of sp³-hybridized carbons (Fsp3) is 0.467. The van der Waals surface area contributed by atoms with Crippen molar-refractivity contribution < 1.29 is 9.59 Å². The molecule has 0 spiro atoms. The average Bonchev–Trinajstić information content (AvgIpc) is 2.37. The van der Waals surface area contributed by atoms with Crippen LogP contribution in [-0.4, -0.2) is 29.9 Å². The van der Waals surface area contributed by atoms with E-state index in [1.807, 2.05) is 26.0 Å². The largest absolute Gasteiger partial charge is 0.369 e. The van der Waals surface area contributed by atoms with Gasteiger partial charge >= 0.3 is 6.03 Å².